The molecule has 19 heavy (non-hydrogen) atoms. The third kappa shape index (κ3) is 3.04. The lowest BCUT2D eigenvalue weighted by Gasteiger charge is -2.11. The molecule has 0 aliphatic rings. The van der Waals surface area contributed by atoms with Crippen LogP contribution in [0.4, 0.5) is 17.1 Å². The van der Waals surface area contributed by atoms with Crippen molar-refractivity contribution in [2.24, 2.45) is 0 Å². The Labute approximate surface area is 111 Å². The summed E-state index contributed by atoms with van der Waals surface area (Å²) in [7, 11) is 0. The first-order chi connectivity index (χ1) is 8.95. The number of benzene rings is 2. The van der Waals surface area contributed by atoms with E-state index in [9.17, 15) is 9.90 Å². The first-order valence-electron chi connectivity index (χ1n) is 5.94. The van der Waals surface area contributed by atoms with Gasteiger partial charge >= 0.3 is 5.97 Å². The molecule has 0 saturated heterocycles. The molecule has 0 aliphatic heterocycles. The predicted octanol–water partition coefficient (Wildman–Crippen LogP) is 3.33. The fourth-order valence-electron chi connectivity index (χ4n) is 2.05. The lowest BCUT2D eigenvalue weighted by molar-refractivity contribution is 0.0698. The van der Waals surface area contributed by atoms with Crippen molar-refractivity contribution in [3.05, 3.63) is 53.1 Å². The van der Waals surface area contributed by atoms with Crippen molar-refractivity contribution in [3.8, 4) is 0 Å². The van der Waals surface area contributed by atoms with E-state index >= 15 is 0 Å². The van der Waals surface area contributed by atoms with Gasteiger partial charge in [-0.3, -0.25) is 0 Å². The predicted molar refractivity (Wildman–Crippen MR) is 77.0 cm³/mol. The molecule has 98 valence electrons. The Morgan fingerprint density at radius 2 is 1.74 bits per heavy atom. The third-order valence-corrected chi connectivity index (χ3v) is 2.77. The van der Waals surface area contributed by atoms with Gasteiger partial charge in [-0.05, 0) is 55.3 Å². The van der Waals surface area contributed by atoms with Gasteiger partial charge in [-0.25, -0.2) is 4.79 Å². The zero-order chi connectivity index (χ0) is 14.0. The highest BCUT2D eigenvalue weighted by atomic mass is 16.4. The molecule has 0 saturated carbocycles. The highest BCUT2D eigenvalue weighted by molar-refractivity contribution is 5.96. The van der Waals surface area contributed by atoms with Crippen LogP contribution in [0, 0.1) is 13.8 Å². The van der Waals surface area contributed by atoms with E-state index in [1.807, 2.05) is 26.0 Å². The summed E-state index contributed by atoms with van der Waals surface area (Å²) in [6.45, 7) is 4.00. The summed E-state index contributed by atoms with van der Waals surface area (Å²) in [6, 6.07) is 10.8. The van der Waals surface area contributed by atoms with Crippen LogP contribution in [-0.2, 0) is 0 Å². The van der Waals surface area contributed by atoms with Crippen molar-refractivity contribution in [1.82, 2.24) is 0 Å². The van der Waals surface area contributed by atoms with Crippen LogP contribution in [0.25, 0.3) is 0 Å². The highest BCUT2D eigenvalue weighted by Gasteiger charge is 2.10. The van der Waals surface area contributed by atoms with Crippen LogP contribution in [0.15, 0.2) is 36.4 Å². The number of aryl methyl sites for hydroxylation is 2. The lowest BCUT2D eigenvalue weighted by atomic mass is 10.1. The normalized spacial score (nSPS) is 10.2. The van der Waals surface area contributed by atoms with E-state index < -0.39 is 5.97 Å². The van der Waals surface area contributed by atoms with Crippen molar-refractivity contribution in [3.63, 3.8) is 0 Å². The van der Waals surface area contributed by atoms with Crippen molar-refractivity contribution in [2.45, 2.75) is 13.8 Å². The average Bonchev–Trinajstić information content (AvgIpc) is 2.30. The molecule has 2 aromatic carbocycles. The minimum atomic E-state index is -1.00. The van der Waals surface area contributed by atoms with Crippen molar-refractivity contribution in [2.75, 3.05) is 11.1 Å². The second-order valence-electron chi connectivity index (χ2n) is 4.61. The fourth-order valence-corrected chi connectivity index (χ4v) is 2.05. The number of hydrogen-bond acceptors (Lipinski definition) is 3. The number of rotatable bonds is 3. The van der Waals surface area contributed by atoms with Crippen LogP contribution in [-0.4, -0.2) is 11.1 Å². The minimum Gasteiger partial charge on any atom is -0.478 e. The number of carbonyl (C=O) groups is 1. The number of hydrogen-bond donors (Lipinski definition) is 3. The molecule has 0 unspecified atom stereocenters. The molecular weight excluding hydrogens is 240 g/mol. The molecule has 4 heteroatoms. The van der Waals surface area contributed by atoms with Gasteiger partial charge in [0.25, 0.3) is 0 Å². The summed E-state index contributed by atoms with van der Waals surface area (Å²) in [5.41, 5.74) is 9.86. The minimum absolute atomic E-state index is 0.166. The van der Waals surface area contributed by atoms with Gasteiger partial charge in [-0.2, -0.15) is 0 Å². The van der Waals surface area contributed by atoms with Crippen LogP contribution in [0.5, 0.6) is 0 Å². The first-order valence-corrected chi connectivity index (χ1v) is 5.94. The molecule has 4 nitrogen and oxygen atoms in total. The van der Waals surface area contributed by atoms with Gasteiger partial charge < -0.3 is 16.2 Å². The van der Waals surface area contributed by atoms with Crippen LogP contribution < -0.4 is 11.1 Å². The maximum Gasteiger partial charge on any atom is 0.337 e. The number of carboxylic acids is 1. The van der Waals surface area contributed by atoms with E-state index in [1.165, 1.54) is 6.07 Å². The Morgan fingerprint density at radius 1 is 1.11 bits per heavy atom. The first kappa shape index (κ1) is 13.0. The Bertz CT molecular complexity index is 616. The SMILES string of the molecule is Cc1cc(C)cc(Nc2ccc(N)cc2C(=O)O)c1. The van der Waals surface area contributed by atoms with Crippen LogP contribution in [0.3, 0.4) is 0 Å². The number of nitrogens with two attached hydrogens (primary N) is 1. The summed E-state index contributed by atoms with van der Waals surface area (Å²) < 4.78 is 0. The maximum absolute atomic E-state index is 11.2. The molecule has 2 rings (SSSR count). The van der Waals surface area contributed by atoms with E-state index in [0.717, 1.165) is 16.8 Å². The molecule has 0 fully saturated rings. The van der Waals surface area contributed by atoms with Crippen LogP contribution >= 0.6 is 0 Å². The van der Waals surface area contributed by atoms with E-state index in [4.69, 9.17) is 5.73 Å². The smallest absolute Gasteiger partial charge is 0.337 e. The van der Waals surface area contributed by atoms with E-state index in [2.05, 4.69) is 11.4 Å². The molecule has 0 amide bonds. The van der Waals surface area contributed by atoms with Gasteiger partial charge in [0.1, 0.15) is 0 Å². The molecule has 0 aliphatic carbocycles. The molecule has 0 aromatic heterocycles. The third-order valence-electron chi connectivity index (χ3n) is 2.77. The van der Waals surface area contributed by atoms with Crippen LogP contribution in [0.2, 0.25) is 0 Å². The molecule has 0 radical (unpaired) electrons. The standard InChI is InChI=1S/C15H16N2O2/c1-9-5-10(2)7-12(6-9)17-14-4-3-11(16)8-13(14)15(18)19/h3-8,17H,16H2,1-2H3,(H,18,19). The summed E-state index contributed by atoms with van der Waals surface area (Å²) in [5.74, 6) is -1.00. The summed E-state index contributed by atoms with van der Waals surface area (Å²) >= 11 is 0. The van der Waals surface area contributed by atoms with Gasteiger partial charge in [0, 0.05) is 11.4 Å². The molecule has 0 bridgehead atoms. The number of nitrogen functional groups attached to an aromatic ring is 1. The number of nitrogens with one attached hydrogen (secondary N) is 1. The molecule has 0 atom stereocenters. The van der Waals surface area contributed by atoms with E-state index in [-0.39, 0.29) is 5.56 Å². The summed E-state index contributed by atoms with van der Waals surface area (Å²) in [5, 5.41) is 12.3. The lowest BCUT2D eigenvalue weighted by Crippen LogP contribution is -2.04. The summed E-state index contributed by atoms with van der Waals surface area (Å²) in [4.78, 5) is 11.2. The summed E-state index contributed by atoms with van der Waals surface area (Å²) in [6.07, 6.45) is 0. The Morgan fingerprint density at radius 3 is 2.32 bits per heavy atom. The average molecular weight is 256 g/mol. The number of anilines is 3. The maximum atomic E-state index is 11.2. The highest BCUT2D eigenvalue weighted by Crippen LogP contribution is 2.24. The van der Waals surface area contributed by atoms with Gasteiger partial charge in [0.05, 0.1) is 11.3 Å². The van der Waals surface area contributed by atoms with Crippen molar-refractivity contribution >= 4 is 23.0 Å². The molecule has 2 aromatic rings. The number of aromatic carboxylic acids is 1. The molecule has 0 heterocycles. The topological polar surface area (TPSA) is 75.3 Å². The van der Waals surface area contributed by atoms with Crippen molar-refractivity contribution in [1.29, 1.82) is 0 Å². The molecule has 4 N–H and O–H groups in total. The Balaban J connectivity index is 2.40. The van der Waals surface area contributed by atoms with Gasteiger partial charge in [-0.1, -0.05) is 6.07 Å². The number of carboxylic acid groups (broad SMARTS) is 1. The largest absolute Gasteiger partial charge is 0.478 e. The second kappa shape index (κ2) is 5.02. The van der Waals surface area contributed by atoms with Gasteiger partial charge in [0.2, 0.25) is 0 Å². The van der Waals surface area contributed by atoms with Gasteiger partial charge in [0.15, 0.2) is 0 Å². The van der Waals surface area contributed by atoms with Gasteiger partial charge in [-0.15, -0.1) is 0 Å². The van der Waals surface area contributed by atoms with E-state index in [0.29, 0.717) is 11.4 Å². The quantitative estimate of drug-likeness (QED) is 0.736. The zero-order valence-corrected chi connectivity index (χ0v) is 10.9. The Hall–Kier alpha value is -2.49. The Kier molecular flexibility index (Phi) is 3.42. The monoisotopic (exact) mass is 256 g/mol. The van der Waals surface area contributed by atoms with Crippen molar-refractivity contribution < 1.29 is 9.90 Å². The fraction of sp³-hybridized carbons (Fsp3) is 0.133. The second-order valence-corrected chi connectivity index (χ2v) is 4.61. The molecular formula is C15H16N2O2. The van der Waals surface area contributed by atoms with Crippen LogP contribution in [0.1, 0.15) is 21.5 Å². The molecule has 0 spiro atoms. The van der Waals surface area contributed by atoms with E-state index in [1.54, 1.807) is 12.1 Å². The zero-order valence-electron chi connectivity index (χ0n) is 10.9.